The molecule has 0 unspecified atom stereocenters. The number of rotatable bonds is 4. The van der Waals surface area contributed by atoms with Crippen molar-refractivity contribution < 1.29 is 23.1 Å². The first-order valence-corrected chi connectivity index (χ1v) is 7.28. The van der Waals surface area contributed by atoms with E-state index in [0.29, 0.717) is 5.56 Å². The van der Waals surface area contributed by atoms with E-state index in [1.165, 1.54) is 6.07 Å². The van der Waals surface area contributed by atoms with Crippen LogP contribution < -0.4 is 5.32 Å². The maximum atomic E-state index is 13.5. The average molecular weight is 333 g/mol. The van der Waals surface area contributed by atoms with Gasteiger partial charge in [-0.15, -0.1) is 0 Å². The van der Waals surface area contributed by atoms with Crippen molar-refractivity contribution in [1.29, 1.82) is 0 Å². The number of anilines is 1. The molecule has 6 heteroatoms. The van der Waals surface area contributed by atoms with Crippen LogP contribution in [0.15, 0.2) is 30.3 Å². The van der Waals surface area contributed by atoms with Gasteiger partial charge in [0, 0.05) is 0 Å². The normalized spacial score (nSPS) is 10.4. The molecule has 2 aromatic carbocycles. The van der Waals surface area contributed by atoms with Gasteiger partial charge in [-0.3, -0.25) is 4.79 Å². The van der Waals surface area contributed by atoms with Crippen LogP contribution in [0, 0.1) is 32.4 Å². The predicted molar refractivity (Wildman–Crippen MR) is 85.9 cm³/mol. The number of aryl methyl sites for hydroxylation is 3. The number of hydrogen-bond acceptors (Lipinski definition) is 3. The molecule has 2 aromatic rings. The van der Waals surface area contributed by atoms with Gasteiger partial charge in [-0.25, -0.2) is 13.6 Å². The molecule has 126 valence electrons. The maximum absolute atomic E-state index is 13.5. The van der Waals surface area contributed by atoms with Crippen molar-refractivity contribution in [2.24, 2.45) is 0 Å². The number of amides is 1. The third kappa shape index (κ3) is 3.95. The Kier molecular flexibility index (Phi) is 5.28. The van der Waals surface area contributed by atoms with Gasteiger partial charge in [-0.1, -0.05) is 23.8 Å². The predicted octanol–water partition coefficient (Wildman–Crippen LogP) is 3.69. The van der Waals surface area contributed by atoms with E-state index in [0.717, 1.165) is 28.8 Å². The second-order valence-electron chi connectivity index (χ2n) is 5.49. The summed E-state index contributed by atoms with van der Waals surface area (Å²) >= 11 is 0. The largest absolute Gasteiger partial charge is 0.452 e. The molecule has 0 aliphatic rings. The molecule has 0 saturated heterocycles. The fourth-order valence-electron chi connectivity index (χ4n) is 2.50. The smallest absolute Gasteiger partial charge is 0.339 e. The standard InChI is InChI=1S/C18H17F2NO3/c1-10-7-11(2)16(12(3)8-10)18(23)24-9-15(22)21-17-13(19)5-4-6-14(17)20/h4-8H,9H2,1-3H3,(H,21,22). The van der Waals surface area contributed by atoms with E-state index >= 15 is 0 Å². The molecule has 0 aromatic heterocycles. The van der Waals surface area contributed by atoms with Crippen LogP contribution in [0.3, 0.4) is 0 Å². The van der Waals surface area contributed by atoms with Crippen molar-refractivity contribution in [2.45, 2.75) is 20.8 Å². The van der Waals surface area contributed by atoms with Crippen LogP contribution in [0.5, 0.6) is 0 Å². The molecule has 0 aliphatic carbocycles. The highest BCUT2D eigenvalue weighted by atomic mass is 19.1. The number of carbonyl (C=O) groups excluding carboxylic acids is 2. The van der Waals surface area contributed by atoms with Crippen LogP contribution in [0.4, 0.5) is 14.5 Å². The number of ether oxygens (including phenoxy) is 1. The van der Waals surface area contributed by atoms with Crippen LogP contribution >= 0.6 is 0 Å². The Bertz CT molecular complexity index is 760. The molecule has 0 fully saturated rings. The zero-order valence-electron chi connectivity index (χ0n) is 13.6. The zero-order valence-corrected chi connectivity index (χ0v) is 13.6. The second kappa shape index (κ2) is 7.21. The molecule has 0 atom stereocenters. The van der Waals surface area contributed by atoms with Crippen molar-refractivity contribution in [3.8, 4) is 0 Å². The lowest BCUT2D eigenvalue weighted by molar-refractivity contribution is -0.119. The molecule has 4 nitrogen and oxygen atoms in total. The third-order valence-corrected chi connectivity index (χ3v) is 3.44. The van der Waals surface area contributed by atoms with Gasteiger partial charge < -0.3 is 10.1 Å². The first-order valence-electron chi connectivity index (χ1n) is 7.28. The van der Waals surface area contributed by atoms with E-state index < -0.39 is 35.8 Å². The monoisotopic (exact) mass is 333 g/mol. The van der Waals surface area contributed by atoms with Gasteiger partial charge in [0.1, 0.15) is 17.3 Å². The van der Waals surface area contributed by atoms with Crippen LogP contribution in [0.25, 0.3) is 0 Å². The lowest BCUT2D eigenvalue weighted by Gasteiger charge is -2.11. The molecule has 0 radical (unpaired) electrons. The van der Waals surface area contributed by atoms with Crippen LogP contribution in [-0.4, -0.2) is 18.5 Å². The van der Waals surface area contributed by atoms with Crippen molar-refractivity contribution in [3.63, 3.8) is 0 Å². The Hall–Kier alpha value is -2.76. The number of para-hydroxylation sites is 1. The van der Waals surface area contributed by atoms with E-state index in [2.05, 4.69) is 5.32 Å². The summed E-state index contributed by atoms with van der Waals surface area (Å²) in [5.74, 6) is -3.29. The molecule has 0 heterocycles. The van der Waals surface area contributed by atoms with Crippen molar-refractivity contribution >= 4 is 17.6 Å². The molecule has 24 heavy (non-hydrogen) atoms. The van der Waals surface area contributed by atoms with Crippen LogP contribution in [-0.2, 0) is 9.53 Å². The summed E-state index contributed by atoms with van der Waals surface area (Å²) < 4.78 is 31.9. The number of esters is 1. The number of halogens is 2. The fourth-order valence-corrected chi connectivity index (χ4v) is 2.50. The highest BCUT2D eigenvalue weighted by molar-refractivity contribution is 5.97. The molecule has 0 spiro atoms. The van der Waals surface area contributed by atoms with Gasteiger partial charge in [-0.2, -0.15) is 0 Å². The Morgan fingerprint density at radius 3 is 2.12 bits per heavy atom. The summed E-state index contributed by atoms with van der Waals surface area (Å²) in [5.41, 5.74) is 2.29. The van der Waals surface area contributed by atoms with Crippen molar-refractivity contribution in [2.75, 3.05) is 11.9 Å². The minimum Gasteiger partial charge on any atom is -0.452 e. The number of nitrogens with one attached hydrogen (secondary N) is 1. The lowest BCUT2D eigenvalue weighted by Crippen LogP contribution is -2.22. The molecular weight excluding hydrogens is 316 g/mol. The Labute approximate surface area is 138 Å². The number of benzene rings is 2. The highest BCUT2D eigenvalue weighted by Gasteiger charge is 2.17. The number of hydrogen-bond donors (Lipinski definition) is 1. The van der Waals surface area contributed by atoms with Crippen molar-refractivity contribution in [1.82, 2.24) is 0 Å². The van der Waals surface area contributed by atoms with Crippen LogP contribution in [0.1, 0.15) is 27.0 Å². The zero-order chi connectivity index (χ0) is 17.9. The first kappa shape index (κ1) is 17.6. The Balaban J connectivity index is 2.03. The van der Waals surface area contributed by atoms with E-state index in [1.807, 2.05) is 19.1 Å². The summed E-state index contributed by atoms with van der Waals surface area (Å²) in [7, 11) is 0. The van der Waals surface area contributed by atoms with Gasteiger partial charge in [-0.05, 0) is 44.0 Å². The van der Waals surface area contributed by atoms with Gasteiger partial charge in [0.2, 0.25) is 0 Å². The van der Waals surface area contributed by atoms with Crippen LogP contribution in [0.2, 0.25) is 0 Å². The van der Waals surface area contributed by atoms with Gasteiger partial charge in [0.25, 0.3) is 5.91 Å². The minimum atomic E-state index is -0.903. The molecule has 0 bridgehead atoms. The summed E-state index contributed by atoms with van der Waals surface area (Å²) in [6.45, 7) is 4.81. The molecule has 0 saturated carbocycles. The SMILES string of the molecule is Cc1cc(C)c(C(=O)OCC(=O)Nc2c(F)cccc2F)c(C)c1. The quantitative estimate of drug-likeness (QED) is 0.868. The number of carbonyl (C=O) groups is 2. The lowest BCUT2D eigenvalue weighted by atomic mass is 10.00. The molecular formula is C18H17F2NO3. The fraction of sp³-hybridized carbons (Fsp3) is 0.222. The summed E-state index contributed by atoms with van der Waals surface area (Å²) in [4.78, 5) is 23.9. The van der Waals surface area contributed by atoms with Crippen molar-refractivity contribution in [3.05, 3.63) is 64.2 Å². The summed E-state index contributed by atoms with van der Waals surface area (Å²) in [6, 6.07) is 6.88. The van der Waals surface area contributed by atoms with E-state index in [9.17, 15) is 18.4 Å². The van der Waals surface area contributed by atoms with Gasteiger partial charge >= 0.3 is 5.97 Å². The summed E-state index contributed by atoms with van der Waals surface area (Å²) in [5, 5.41) is 2.06. The van der Waals surface area contributed by atoms with E-state index in [1.54, 1.807) is 13.8 Å². The topological polar surface area (TPSA) is 55.4 Å². The minimum absolute atomic E-state index is 0.380. The van der Waals surface area contributed by atoms with Gasteiger partial charge in [0.05, 0.1) is 5.56 Å². The maximum Gasteiger partial charge on any atom is 0.339 e. The van der Waals surface area contributed by atoms with E-state index in [-0.39, 0.29) is 0 Å². The molecule has 0 aliphatic heterocycles. The molecule has 1 amide bonds. The second-order valence-corrected chi connectivity index (χ2v) is 5.49. The molecule has 2 rings (SSSR count). The van der Waals surface area contributed by atoms with Gasteiger partial charge in [0.15, 0.2) is 6.61 Å². The first-order chi connectivity index (χ1) is 11.3. The summed E-state index contributed by atoms with van der Waals surface area (Å²) in [6.07, 6.45) is 0. The third-order valence-electron chi connectivity index (χ3n) is 3.44. The Morgan fingerprint density at radius 2 is 1.58 bits per heavy atom. The molecule has 1 N–H and O–H groups in total. The highest BCUT2D eigenvalue weighted by Crippen LogP contribution is 2.19. The average Bonchev–Trinajstić information content (AvgIpc) is 2.48. The Morgan fingerprint density at radius 1 is 1.04 bits per heavy atom. The van der Waals surface area contributed by atoms with E-state index in [4.69, 9.17) is 4.74 Å².